The SMILES string of the molecule is COCCNCC(=O)Nc1cccc(NC(N)=O)c1. The summed E-state index contributed by atoms with van der Waals surface area (Å²) >= 11 is 0. The van der Waals surface area contributed by atoms with Crippen LogP contribution < -0.4 is 21.7 Å². The fourth-order valence-corrected chi connectivity index (χ4v) is 1.40. The molecule has 0 atom stereocenters. The van der Waals surface area contributed by atoms with Gasteiger partial charge in [-0.3, -0.25) is 4.79 Å². The number of benzene rings is 1. The van der Waals surface area contributed by atoms with Gasteiger partial charge in [0.15, 0.2) is 0 Å². The third-order valence-electron chi connectivity index (χ3n) is 2.18. The molecule has 0 saturated carbocycles. The number of hydrogen-bond donors (Lipinski definition) is 4. The minimum atomic E-state index is -0.648. The second-order valence-corrected chi connectivity index (χ2v) is 3.79. The van der Waals surface area contributed by atoms with E-state index in [0.29, 0.717) is 24.5 Å². The highest BCUT2D eigenvalue weighted by Gasteiger charge is 2.03. The first-order valence-electron chi connectivity index (χ1n) is 5.78. The minimum absolute atomic E-state index is 0.174. The maximum absolute atomic E-state index is 11.6. The molecule has 5 N–H and O–H groups in total. The lowest BCUT2D eigenvalue weighted by atomic mass is 10.2. The van der Waals surface area contributed by atoms with Gasteiger partial charge in [0.1, 0.15) is 0 Å². The van der Waals surface area contributed by atoms with E-state index in [0.717, 1.165) is 0 Å². The van der Waals surface area contributed by atoms with Gasteiger partial charge in [0.2, 0.25) is 5.91 Å². The van der Waals surface area contributed by atoms with Gasteiger partial charge in [-0.15, -0.1) is 0 Å². The van der Waals surface area contributed by atoms with E-state index in [1.54, 1.807) is 31.4 Å². The average molecular weight is 266 g/mol. The highest BCUT2D eigenvalue weighted by atomic mass is 16.5. The number of primary amides is 1. The number of urea groups is 1. The fraction of sp³-hybridized carbons (Fsp3) is 0.333. The van der Waals surface area contributed by atoms with Crippen molar-refractivity contribution in [3.05, 3.63) is 24.3 Å². The summed E-state index contributed by atoms with van der Waals surface area (Å²) in [6, 6.07) is 6.08. The maximum atomic E-state index is 11.6. The van der Waals surface area contributed by atoms with Crippen molar-refractivity contribution in [2.24, 2.45) is 5.73 Å². The van der Waals surface area contributed by atoms with Crippen molar-refractivity contribution in [1.82, 2.24) is 5.32 Å². The van der Waals surface area contributed by atoms with E-state index in [4.69, 9.17) is 10.5 Å². The predicted octanol–water partition coefficient (Wildman–Crippen LogP) is 0.352. The van der Waals surface area contributed by atoms with Gasteiger partial charge in [0.05, 0.1) is 13.2 Å². The Morgan fingerprint density at radius 2 is 1.95 bits per heavy atom. The Balaban J connectivity index is 2.43. The number of methoxy groups -OCH3 is 1. The summed E-state index contributed by atoms with van der Waals surface area (Å²) in [7, 11) is 1.60. The van der Waals surface area contributed by atoms with Crippen molar-refractivity contribution < 1.29 is 14.3 Å². The predicted molar refractivity (Wildman–Crippen MR) is 73.0 cm³/mol. The van der Waals surface area contributed by atoms with Gasteiger partial charge in [0, 0.05) is 25.0 Å². The zero-order valence-electron chi connectivity index (χ0n) is 10.7. The Morgan fingerprint density at radius 3 is 2.58 bits per heavy atom. The quantitative estimate of drug-likeness (QED) is 0.534. The summed E-state index contributed by atoms with van der Waals surface area (Å²) in [6.07, 6.45) is 0. The molecule has 1 aromatic rings. The topological polar surface area (TPSA) is 105 Å². The highest BCUT2D eigenvalue weighted by molar-refractivity contribution is 5.94. The first-order valence-corrected chi connectivity index (χ1v) is 5.78. The number of hydrogen-bond acceptors (Lipinski definition) is 4. The number of anilines is 2. The van der Waals surface area contributed by atoms with E-state index in [9.17, 15) is 9.59 Å². The molecule has 0 radical (unpaired) electrons. The Hall–Kier alpha value is -2.12. The van der Waals surface area contributed by atoms with E-state index in [-0.39, 0.29) is 12.5 Å². The molecule has 0 aliphatic rings. The monoisotopic (exact) mass is 266 g/mol. The highest BCUT2D eigenvalue weighted by Crippen LogP contribution is 2.14. The average Bonchev–Trinajstić information content (AvgIpc) is 2.34. The molecule has 7 heteroatoms. The lowest BCUT2D eigenvalue weighted by Gasteiger charge is -2.08. The standard InChI is InChI=1S/C12H18N4O3/c1-19-6-5-14-8-11(17)15-9-3-2-4-10(7-9)16-12(13)18/h2-4,7,14H,5-6,8H2,1H3,(H,15,17)(H3,13,16,18). The molecule has 0 saturated heterocycles. The molecule has 3 amide bonds. The fourth-order valence-electron chi connectivity index (χ4n) is 1.40. The van der Waals surface area contributed by atoms with Crippen LogP contribution in [-0.4, -0.2) is 38.7 Å². The molecule has 0 spiro atoms. The number of ether oxygens (including phenoxy) is 1. The van der Waals surface area contributed by atoms with Crippen LogP contribution in [0.1, 0.15) is 0 Å². The Morgan fingerprint density at radius 1 is 1.26 bits per heavy atom. The summed E-state index contributed by atoms with van der Waals surface area (Å²) in [4.78, 5) is 22.3. The summed E-state index contributed by atoms with van der Waals surface area (Å²) in [5, 5.41) is 8.06. The van der Waals surface area contributed by atoms with Crippen LogP contribution in [0.4, 0.5) is 16.2 Å². The summed E-state index contributed by atoms with van der Waals surface area (Å²) in [6.45, 7) is 1.34. The van der Waals surface area contributed by atoms with Crippen LogP contribution in [-0.2, 0) is 9.53 Å². The third-order valence-corrected chi connectivity index (χ3v) is 2.18. The number of carbonyl (C=O) groups is 2. The van der Waals surface area contributed by atoms with E-state index >= 15 is 0 Å². The van der Waals surface area contributed by atoms with Gasteiger partial charge in [-0.2, -0.15) is 0 Å². The lowest BCUT2D eigenvalue weighted by molar-refractivity contribution is -0.115. The maximum Gasteiger partial charge on any atom is 0.316 e. The molecule has 0 aliphatic heterocycles. The largest absolute Gasteiger partial charge is 0.383 e. The van der Waals surface area contributed by atoms with E-state index < -0.39 is 6.03 Å². The van der Waals surface area contributed by atoms with Crippen LogP contribution in [0.25, 0.3) is 0 Å². The first-order chi connectivity index (χ1) is 9.11. The number of carbonyl (C=O) groups excluding carboxylic acids is 2. The molecule has 0 bridgehead atoms. The normalized spacial score (nSPS) is 9.95. The van der Waals surface area contributed by atoms with Crippen LogP contribution in [0.2, 0.25) is 0 Å². The Kier molecular flexibility index (Phi) is 6.34. The Labute approximate surface area is 111 Å². The van der Waals surface area contributed by atoms with Crippen molar-refractivity contribution in [2.75, 3.05) is 37.4 Å². The zero-order chi connectivity index (χ0) is 14.1. The van der Waals surface area contributed by atoms with Gasteiger partial charge in [0.25, 0.3) is 0 Å². The van der Waals surface area contributed by atoms with Crippen LogP contribution in [0, 0.1) is 0 Å². The molecular weight excluding hydrogens is 248 g/mol. The molecule has 1 aromatic carbocycles. The second kappa shape index (κ2) is 8.06. The van der Waals surface area contributed by atoms with Crippen molar-refractivity contribution in [3.8, 4) is 0 Å². The number of nitrogens with two attached hydrogens (primary N) is 1. The van der Waals surface area contributed by atoms with Gasteiger partial charge in [-0.1, -0.05) is 6.07 Å². The molecule has 104 valence electrons. The van der Waals surface area contributed by atoms with Crippen LogP contribution in [0.15, 0.2) is 24.3 Å². The van der Waals surface area contributed by atoms with E-state index in [1.807, 2.05) is 0 Å². The minimum Gasteiger partial charge on any atom is -0.383 e. The lowest BCUT2D eigenvalue weighted by Crippen LogP contribution is -2.30. The third kappa shape index (κ3) is 6.39. The number of rotatable bonds is 7. The van der Waals surface area contributed by atoms with Gasteiger partial charge in [-0.25, -0.2) is 4.79 Å². The smallest absolute Gasteiger partial charge is 0.316 e. The molecular formula is C12H18N4O3. The summed E-state index contributed by atoms with van der Waals surface area (Å²) < 4.78 is 4.85. The molecule has 7 nitrogen and oxygen atoms in total. The van der Waals surface area contributed by atoms with Crippen molar-refractivity contribution >= 4 is 23.3 Å². The van der Waals surface area contributed by atoms with E-state index in [1.165, 1.54) is 0 Å². The molecule has 1 rings (SSSR count). The van der Waals surface area contributed by atoms with Gasteiger partial charge in [-0.05, 0) is 18.2 Å². The molecule has 19 heavy (non-hydrogen) atoms. The van der Waals surface area contributed by atoms with Crippen molar-refractivity contribution in [1.29, 1.82) is 0 Å². The number of nitrogens with one attached hydrogen (secondary N) is 3. The van der Waals surface area contributed by atoms with Crippen LogP contribution in [0.3, 0.4) is 0 Å². The molecule has 0 aliphatic carbocycles. The number of amides is 3. The van der Waals surface area contributed by atoms with Crippen LogP contribution >= 0.6 is 0 Å². The van der Waals surface area contributed by atoms with Crippen LogP contribution in [0.5, 0.6) is 0 Å². The molecule has 0 heterocycles. The van der Waals surface area contributed by atoms with Gasteiger partial charge < -0.3 is 26.4 Å². The molecule has 0 fully saturated rings. The first kappa shape index (κ1) is 14.9. The van der Waals surface area contributed by atoms with Crippen molar-refractivity contribution in [2.45, 2.75) is 0 Å². The zero-order valence-corrected chi connectivity index (χ0v) is 10.7. The summed E-state index contributed by atoms with van der Waals surface area (Å²) in [5.41, 5.74) is 6.12. The molecule has 0 aromatic heterocycles. The van der Waals surface area contributed by atoms with Crippen molar-refractivity contribution in [3.63, 3.8) is 0 Å². The summed E-state index contributed by atoms with van der Waals surface area (Å²) in [5.74, 6) is -0.174. The molecule has 0 unspecified atom stereocenters. The van der Waals surface area contributed by atoms with Gasteiger partial charge >= 0.3 is 6.03 Å². The van der Waals surface area contributed by atoms with E-state index in [2.05, 4.69) is 16.0 Å². The Bertz CT molecular complexity index is 437. The second-order valence-electron chi connectivity index (χ2n) is 3.79.